The van der Waals surface area contributed by atoms with Crippen molar-refractivity contribution in [3.63, 3.8) is 0 Å². The summed E-state index contributed by atoms with van der Waals surface area (Å²) in [5.41, 5.74) is 4.80. The maximum atomic E-state index is 12.6. The van der Waals surface area contributed by atoms with E-state index in [2.05, 4.69) is 21.6 Å². The van der Waals surface area contributed by atoms with Crippen molar-refractivity contribution in [3.05, 3.63) is 53.1 Å². The number of carbonyl (C=O) groups is 1. The third-order valence-corrected chi connectivity index (χ3v) is 5.07. The molecular weight excluding hydrogens is 374 g/mol. The van der Waals surface area contributed by atoms with Crippen molar-refractivity contribution in [2.45, 2.75) is 38.2 Å². The Hall–Kier alpha value is -2.80. The zero-order chi connectivity index (χ0) is 20.3. The molecule has 0 aliphatic heterocycles. The fourth-order valence-electron chi connectivity index (χ4n) is 2.83. The number of hydrogen-bond acceptors (Lipinski definition) is 6. The van der Waals surface area contributed by atoms with Crippen molar-refractivity contribution in [2.24, 2.45) is 0 Å². The third-order valence-electron chi connectivity index (χ3n) is 4.13. The Bertz CT molecular complexity index is 980. The van der Waals surface area contributed by atoms with Crippen LogP contribution < -0.4 is 10.1 Å². The summed E-state index contributed by atoms with van der Waals surface area (Å²) in [6, 6.07) is 11.7. The van der Waals surface area contributed by atoms with Crippen LogP contribution in [0.15, 0.2) is 46.0 Å². The van der Waals surface area contributed by atoms with Gasteiger partial charge in [0, 0.05) is 5.56 Å². The number of nitrogens with one attached hydrogen (secondary N) is 1. The highest BCUT2D eigenvalue weighted by atomic mass is 32.2. The predicted molar refractivity (Wildman–Crippen MR) is 111 cm³/mol. The van der Waals surface area contributed by atoms with Crippen molar-refractivity contribution in [1.82, 2.24) is 10.2 Å². The molecule has 0 spiro atoms. The van der Waals surface area contributed by atoms with E-state index in [0.717, 1.165) is 22.3 Å². The van der Waals surface area contributed by atoms with Gasteiger partial charge in [-0.15, -0.1) is 10.2 Å². The normalized spacial score (nSPS) is 11.9. The molecular formula is C21H23N3O3S. The zero-order valence-electron chi connectivity index (χ0n) is 16.6. The van der Waals surface area contributed by atoms with Gasteiger partial charge in [0.05, 0.1) is 18.0 Å². The van der Waals surface area contributed by atoms with Crippen LogP contribution in [-0.4, -0.2) is 28.5 Å². The highest BCUT2D eigenvalue weighted by Gasteiger charge is 2.20. The van der Waals surface area contributed by atoms with Crippen LogP contribution in [0.2, 0.25) is 0 Å². The minimum absolute atomic E-state index is 0.167. The molecule has 1 N–H and O–H groups in total. The van der Waals surface area contributed by atoms with Gasteiger partial charge in [-0.25, -0.2) is 0 Å². The fourth-order valence-corrected chi connectivity index (χ4v) is 3.51. The van der Waals surface area contributed by atoms with Crippen molar-refractivity contribution in [3.8, 4) is 17.2 Å². The summed E-state index contributed by atoms with van der Waals surface area (Å²) in [6.45, 7) is 7.80. The number of anilines is 1. The molecule has 0 saturated carbocycles. The molecule has 0 aliphatic carbocycles. The lowest BCUT2D eigenvalue weighted by Gasteiger charge is -2.13. The van der Waals surface area contributed by atoms with Crippen LogP contribution in [0.5, 0.6) is 5.75 Å². The summed E-state index contributed by atoms with van der Waals surface area (Å²) >= 11 is 1.22. The maximum Gasteiger partial charge on any atom is 0.277 e. The number of methoxy groups -OCH3 is 1. The zero-order valence-corrected chi connectivity index (χ0v) is 17.4. The molecule has 0 saturated heterocycles. The number of amides is 1. The Balaban J connectivity index is 1.70. The van der Waals surface area contributed by atoms with Crippen LogP contribution in [0.1, 0.15) is 23.6 Å². The van der Waals surface area contributed by atoms with Gasteiger partial charge in [-0.3, -0.25) is 4.79 Å². The van der Waals surface area contributed by atoms with E-state index in [9.17, 15) is 4.79 Å². The number of hydrogen-bond donors (Lipinski definition) is 1. The number of carbonyl (C=O) groups excluding carboxylic acids is 1. The number of benzene rings is 2. The molecule has 0 fully saturated rings. The van der Waals surface area contributed by atoms with Gasteiger partial charge in [0.2, 0.25) is 11.8 Å². The number of aromatic nitrogens is 2. The fraction of sp³-hybridized carbons (Fsp3) is 0.286. The number of nitrogens with zero attached hydrogens (tertiary/aromatic N) is 2. The van der Waals surface area contributed by atoms with E-state index >= 15 is 0 Å². The molecule has 0 radical (unpaired) electrons. The molecule has 1 aromatic heterocycles. The van der Waals surface area contributed by atoms with Crippen LogP contribution in [0.4, 0.5) is 5.69 Å². The van der Waals surface area contributed by atoms with Crippen LogP contribution in [0, 0.1) is 20.8 Å². The average molecular weight is 398 g/mol. The van der Waals surface area contributed by atoms with Crippen molar-refractivity contribution in [1.29, 1.82) is 0 Å². The van der Waals surface area contributed by atoms with E-state index in [4.69, 9.17) is 9.15 Å². The quantitative estimate of drug-likeness (QED) is 0.603. The molecule has 3 rings (SSSR count). The first-order valence-electron chi connectivity index (χ1n) is 8.90. The molecule has 146 valence electrons. The molecule has 1 amide bonds. The average Bonchev–Trinajstić information content (AvgIpc) is 3.09. The Morgan fingerprint density at radius 1 is 1.07 bits per heavy atom. The summed E-state index contributed by atoms with van der Waals surface area (Å²) in [7, 11) is 1.57. The monoisotopic (exact) mass is 397 g/mol. The van der Waals surface area contributed by atoms with E-state index in [1.54, 1.807) is 14.0 Å². The second-order valence-electron chi connectivity index (χ2n) is 6.70. The second kappa shape index (κ2) is 8.48. The number of ether oxygens (including phenoxy) is 1. The van der Waals surface area contributed by atoms with Crippen LogP contribution in [-0.2, 0) is 4.79 Å². The summed E-state index contributed by atoms with van der Waals surface area (Å²) in [5.74, 6) is 0.897. The summed E-state index contributed by atoms with van der Waals surface area (Å²) in [5, 5.41) is 11.0. The van der Waals surface area contributed by atoms with E-state index in [0.29, 0.717) is 22.6 Å². The van der Waals surface area contributed by atoms with Gasteiger partial charge in [0.1, 0.15) is 5.75 Å². The molecule has 0 aliphatic rings. The molecule has 0 unspecified atom stereocenters. The highest BCUT2D eigenvalue weighted by Crippen LogP contribution is 2.29. The van der Waals surface area contributed by atoms with Gasteiger partial charge in [-0.1, -0.05) is 35.0 Å². The lowest BCUT2D eigenvalue weighted by molar-refractivity contribution is -0.115. The van der Waals surface area contributed by atoms with Gasteiger partial charge < -0.3 is 14.5 Å². The van der Waals surface area contributed by atoms with Crippen LogP contribution >= 0.6 is 11.8 Å². The molecule has 1 atom stereocenters. The van der Waals surface area contributed by atoms with Crippen molar-refractivity contribution in [2.75, 3.05) is 12.4 Å². The maximum absolute atomic E-state index is 12.6. The van der Waals surface area contributed by atoms with Gasteiger partial charge in [-0.2, -0.15) is 0 Å². The highest BCUT2D eigenvalue weighted by molar-refractivity contribution is 8.00. The number of rotatable bonds is 6. The Morgan fingerprint density at radius 3 is 2.46 bits per heavy atom. The third kappa shape index (κ3) is 4.72. The standard InChI is InChI=1S/C21H23N3O3S/c1-12-6-7-18(26-5)17(11-12)22-19(25)15(4)28-21-24-23-20(27-21)16-9-13(2)8-14(3)10-16/h6-11,15H,1-5H3,(H,22,25)/t15-/m1/s1. The lowest BCUT2D eigenvalue weighted by atomic mass is 10.1. The van der Waals surface area contributed by atoms with Gasteiger partial charge in [0.25, 0.3) is 5.22 Å². The molecule has 7 heteroatoms. The predicted octanol–water partition coefficient (Wildman–Crippen LogP) is 4.79. The smallest absolute Gasteiger partial charge is 0.277 e. The minimum atomic E-state index is -0.419. The topological polar surface area (TPSA) is 77.2 Å². The first kappa shape index (κ1) is 19.9. The summed E-state index contributed by atoms with van der Waals surface area (Å²) in [6.07, 6.45) is 0. The van der Waals surface area contributed by atoms with E-state index < -0.39 is 5.25 Å². The van der Waals surface area contributed by atoms with E-state index in [1.807, 2.05) is 51.1 Å². The van der Waals surface area contributed by atoms with Gasteiger partial charge >= 0.3 is 0 Å². The van der Waals surface area contributed by atoms with Crippen molar-refractivity contribution >= 4 is 23.4 Å². The lowest BCUT2D eigenvalue weighted by Crippen LogP contribution is -2.22. The molecule has 1 heterocycles. The molecule has 0 bridgehead atoms. The van der Waals surface area contributed by atoms with E-state index in [-0.39, 0.29) is 5.91 Å². The first-order chi connectivity index (χ1) is 13.4. The number of aryl methyl sites for hydroxylation is 3. The molecule has 28 heavy (non-hydrogen) atoms. The Morgan fingerprint density at radius 2 is 1.79 bits per heavy atom. The largest absolute Gasteiger partial charge is 0.495 e. The summed E-state index contributed by atoms with van der Waals surface area (Å²) in [4.78, 5) is 12.6. The van der Waals surface area contributed by atoms with Crippen molar-refractivity contribution < 1.29 is 13.9 Å². The molecule has 6 nitrogen and oxygen atoms in total. The van der Waals surface area contributed by atoms with E-state index in [1.165, 1.54) is 11.8 Å². The van der Waals surface area contributed by atoms with Gasteiger partial charge in [-0.05, 0) is 57.5 Å². The summed E-state index contributed by atoms with van der Waals surface area (Å²) < 4.78 is 11.1. The van der Waals surface area contributed by atoms with Crippen LogP contribution in [0.3, 0.4) is 0 Å². The first-order valence-corrected chi connectivity index (χ1v) is 9.78. The van der Waals surface area contributed by atoms with Crippen LogP contribution in [0.25, 0.3) is 11.5 Å². The SMILES string of the molecule is COc1ccc(C)cc1NC(=O)[C@@H](C)Sc1nnc(-c2cc(C)cc(C)c2)o1. The molecule has 2 aromatic carbocycles. The Labute approximate surface area is 168 Å². The minimum Gasteiger partial charge on any atom is -0.495 e. The number of thioether (sulfide) groups is 1. The van der Waals surface area contributed by atoms with Gasteiger partial charge in [0.15, 0.2) is 0 Å². The Kier molecular flexibility index (Phi) is 6.04. The molecule has 3 aromatic rings. The second-order valence-corrected chi connectivity index (χ2v) is 7.99.